The summed E-state index contributed by atoms with van der Waals surface area (Å²) in [6.07, 6.45) is 3.57. The van der Waals surface area contributed by atoms with Crippen molar-refractivity contribution in [2.75, 3.05) is 56.4 Å². The first-order valence-electron chi connectivity index (χ1n) is 15.5. The van der Waals surface area contributed by atoms with Gasteiger partial charge < -0.3 is 29.3 Å². The number of rotatable bonds is 11. The van der Waals surface area contributed by atoms with Crippen LogP contribution in [0.4, 0.5) is 11.4 Å². The van der Waals surface area contributed by atoms with Gasteiger partial charge in [0.2, 0.25) is 5.91 Å². The monoisotopic (exact) mass is 583 g/mol. The van der Waals surface area contributed by atoms with E-state index in [0.29, 0.717) is 32.1 Å². The molecule has 0 radical (unpaired) electrons. The molecule has 43 heavy (non-hydrogen) atoms. The lowest BCUT2D eigenvalue weighted by Crippen LogP contribution is -2.47. The van der Waals surface area contributed by atoms with Crippen LogP contribution in [-0.2, 0) is 14.3 Å². The summed E-state index contributed by atoms with van der Waals surface area (Å²) < 4.78 is 16.6. The van der Waals surface area contributed by atoms with Crippen LogP contribution < -0.4 is 24.6 Å². The lowest BCUT2D eigenvalue weighted by atomic mass is 9.79. The molecule has 8 nitrogen and oxygen atoms in total. The van der Waals surface area contributed by atoms with Gasteiger partial charge in [-0.05, 0) is 92.1 Å². The van der Waals surface area contributed by atoms with Gasteiger partial charge in [-0.15, -0.1) is 0 Å². The highest BCUT2D eigenvalue weighted by atomic mass is 16.5. The summed E-state index contributed by atoms with van der Waals surface area (Å²) in [5.74, 6) is 1.51. The molecule has 0 bridgehead atoms. The van der Waals surface area contributed by atoms with E-state index in [2.05, 4.69) is 41.7 Å². The van der Waals surface area contributed by atoms with E-state index in [0.717, 1.165) is 60.5 Å². The number of methoxy groups -OCH3 is 1. The minimum absolute atomic E-state index is 0.0236. The Morgan fingerprint density at radius 2 is 1.88 bits per heavy atom. The number of benzene rings is 3. The van der Waals surface area contributed by atoms with Crippen LogP contribution in [-0.4, -0.2) is 64.4 Å². The Morgan fingerprint density at radius 3 is 2.65 bits per heavy atom. The highest BCUT2D eigenvalue weighted by Gasteiger charge is 2.41. The molecule has 3 aromatic carbocycles. The summed E-state index contributed by atoms with van der Waals surface area (Å²) in [6.45, 7) is 5.27. The number of nitrogens with one attached hydrogen (secondary N) is 1. The second kappa shape index (κ2) is 13.2. The molecule has 8 heteroatoms. The van der Waals surface area contributed by atoms with E-state index in [1.807, 2.05) is 42.2 Å². The Bertz CT molecular complexity index is 1440. The molecule has 2 amide bonds. The van der Waals surface area contributed by atoms with E-state index >= 15 is 0 Å². The van der Waals surface area contributed by atoms with Crippen LogP contribution in [0.1, 0.15) is 44.1 Å². The molecule has 1 aliphatic carbocycles. The SMILES string of the molecule is CCOc1ccc(-c2cccc([C@H]3CCNC[C@@H]3C(=O)N(c3ccc4c(c3)N(CCCOC)C(=O)CO4)C3CC3)c2)cc1. The molecule has 1 saturated carbocycles. The normalized spacial score (nSPS) is 19.9. The third-order valence-electron chi connectivity index (χ3n) is 8.66. The number of nitrogens with zero attached hydrogens (tertiary/aromatic N) is 2. The zero-order valence-corrected chi connectivity index (χ0v) is 25.1. The molecule has 3 aromatic rings. The first-order chi connectivity index (χ1) is 21.1. The molecule has 6 rings (SSSR count). The number of ether oxygens (including phenoxy) is 3. The number of fused-ring (bicyclic) bond motifs is 1. The van der Waals surface area contributed by atoms with Crippen LogP contribution in [0.5, 0.6) is 11.5 Å². The molecule has 1 saturated heterocycles. The fraction of sp³-hybridized carbons (Fsp3) is 0.429. The van der Waals surface area contributed by atoms with E-state index in [1.54, 1.807) is 12.0 Å². The largest absolute Gasteiger partial charge is 0.494 e. The fourth-order valence-electron chi connectivity index (χ4n) is 6.36. The van der Waals surface area contributed by atoms with Gasteiger partial charge in [-0.3, -0.25) is 9.59 Å². The summed E-state index contributed by atoms with van der Waals surface area (Å²) in [4.78, 5) is 31.1. The first-order valence-corrected chi connectivity index (χ1v) is 15.5. The number of amides is 2. The van der Waals surface area contributed by atoms with Crippen molar-refractivity contribution in [1.82, 2.24) is 5.32 Å². The van der Waals surface area contributed by atoms with E-state index < -0.39 is 0 Å². The predicted molar refractivity (Wildman–Crippen MR) is 168 cm³/mol. The summed E-state index contributed by atoms with van der Waals surface area (Å²) in [6, 6.07) is 22.8. The van der Waals surface area contributed by atoms with Crippen molar-refractivity contribution in [2.45, 2.75) is 44.6 Å². The van der Waals surface area contributed by atoms with E-state index in [1.165, 1.54) is 5.56 Å². The maximum atomic E-state index is 14.5. The molecule has 2 heterocycles. The van der Waals surface area contributed by atoms with Crippen LogP contribution in [0.15, 0.2) is 66.7 Å². The molecule has 1 N–H and O–H groups in total. The number of carbonyl (C=O) groups is 2. The predicted octanol–water partition coefficient (Wildman–Crippen LogP) is 5.40. The van der Waals surface area contributed by atoms with Crippen molar-refractivity contribution in [3.63, 3.8) is 0 Å². The second-order valence-electron chi connectivity index (χ2n) is 11.6. The first kappa shape index (κ1) is 29.2. The standard InChI is InChI=1S/C35H41N3O5/c1-3-42-29-13-8-24(9-14-29)25-6-4-7-26(20-25)30-16-17-36-22-31(30)35(40)38(27-10-11-27)28-12-15-33-32(21-28)37(18-5-19-41-2)34(39)23-43-33/h4,6-9,12-15,20-21,27,30-31,36H,3,5,10-11,16-19,22-23H2,1-2H3/t30-,31+/m1/s1. The van der Waals surface area contributed by atoms with Crippen molar-refractivity contribution < 1.29 is 23.8 Å². The zero-order chi connectivity index (χ0) is 29.8. The van der Waals surface area contributed by atoms with E-state index in [-0.39, 0.29) is 36.3 Å². The molecule has 2 aliphatic heterocycles. The Labute approximate surface area is 253 Å². The van der Waals surface area contributed by atoms with Crippen molar-refractivity contribution in [3.8, 4) is 22.6 Å². The van der Waals surface area contributed by atoms with Gasteiger partial charge in [-0.25, -0.2) is 0 Å². The maximum absolute atomic E-state index is 14.5. The minimum atomic E-state index is -0.198. The Hall–Kier alpha value is -3.88. The molecule has 226 valence electrons. The van der Waals surface area contributed by atoms with E-state index in [9.17, 15) is 9.59 Å². The highest BCUT2D eigenvalue weighted by molar-refractivity contribution is 6.01. The number of hydrogen-bond donors (Lipinski definition) is 1. The summed E-state index contributed by atoms with van der Waals surface area (Å²) >= 11 is 0. The number of anilines is 2. The van der Waals surface area contributed by atoms with Crippen molar-refractivity contribution in [2.24, 2.45) is 5.92 Å². The summed E-state index contributed by atoms with van der Waals surface area (Å²) in [5.41, 5.74) is 5.01. The minimum Gasteiger partial charge on any atom is -0.494 e. The molecular formula is C35H41N3O5. The Balaban J connectivity index is 1.27. The summed E-state index contributed by atoms with van der Waals surface area (Å²) in [5, 5.41) is 3.49. The highest BCUT2D eigenvalue weighted by Crippen LogP contribution is 2.42. The average Bonchev–Trinajstić information content (AvgIpc) is 3.88. The van der Waals surface area contributed by atoms with Gasteiger partial charge in [0, 0.05) is 38.5 Å². The van der Waals surface area contributed by atoms with Crippen LogP contribution in [0.2, 0.25) is 0 Å². The molecule has 3 aliphatic rings. The smallest absolute Gasteiger partial charge is 0.265 e. The lowest BCUT2D eigenvalue weighted by molar-refractivity contribution is -0.123. The summed E-state index contributed by atoms with van der Waals surface area (Å²) in [7, 11) is 1.66. The molecular weight excluding hydrogens is 542 g/mol. The Morgan fingerprint density at radius 1 is 1.05 bits per heavy atom. The van der Waals surface area contributed by atoms with Gasteiger partial charge in [0.25, 0.3) is 5.91 Å². The quantitative estimate of drug-likeness (QED) is 0.305. The fourth-order valence-corrected chi connectivity index (χ4v) is 6.36. The lowest BCUT2D eigenvalue weighted by Gasteiger charge is -2.36. The van der Waals surface area contributed by atoms with Gasteiger partial charge in [0.05, 0.1) is 18.2 Å². The molecule has 0 unspecified atom stereocenters. The van der Waals surface area contributed by atoms with Crippen LogP contribution >= 0.6 is 0 Å². The van der Waals surface area contributed by atoms with Gasteiger partial charge in [0.15, 0.2) is 6.61 Å². The van der Waals surface area contributed by atoms with Gasteiger partial charge >= 0.3 is 0 Å². The average molecular weight is 584 g/mol. The molecule has 0 spiro atoms. The Kier molecular flexibility index (Phi) is 8.95. The van der Waals surface area contributed by atoms with E-state index in [4.69, 9.17) is 14.2 Å². The molecule has 0 aromatic heterocycles. The van der Waals surface area contributed by atoms with Crippen LogP contribution in [0, 0.1) is 5.92 Å². The van der Waals surface area contributed by atoms with Gasteiger partial charge in [-0.1, -0.05) is 36.4 Å². The number of hydrogen-bond acceptors (Lipinski definition) is 6. The van der Waals surface area contributed by atoms with Crippen molar-refractivity contribution in [3.05, 3.63) is 72.3 Å². The number of piperidine rings is 1. The molecule has 2 atom stereocenters. The maximum Gasteiger partial charge on any atom is 0.265 e. The number of carbonyl (C=O) groups excluding carboxylic acids is 2. The van der Waals surface area contributed by atoms with Crippen LogP contribution in [0.25, 0.3) is 11.1 Å². The van der Waals surface area contributed by atoms with Crippen molar-refractivity contribution >= 4 is 23.2 Å². The third-order valence-corrected chi connectivity index (χ3v) is 8.66. The zero-order valence-electron chi connectivity index (χ0n) is 25.1. The van der Waals surface area contributed by atoms with Gasteiger partial charge in [-0.2, -0.15) is 0 Å². The molecule has 2 fully saturated rings. The van der Waals surface area contributed by atoms with Gasteiger partial charge in [0.1, 0.15) is 11.5 Å². The van der Waals surface area contributed by atoms with Crippen LogP contribution in [0.3, 0.4) is 0 Å². The van der Waals surface area contributed by atoms with Crippen molar-refractivity contribution in [1.29, 1.82) is 0 Å². The second-order valence-corrected chi connectivity index (χ2v) is 11.6. The third kappa shape index (κ3) is 6.40. The topological polar surface area (TPSA) is 80.3 Å².